The van der Waals surface area contributed by atoms with Gasteiger partial charge < -0.3 is 73.8 Å². The standard InChI is InChI=1S/C61H96N6O21/c1-15-43(82-10)51(61(81)88-28-24-63-53(70)35-19-21-36(22-20-35)66(8)9)39(58(76)77)32-46(85-13)50-37(55(72)67(56(50)73)27-18-26-65(6)7)29-45(84-12)49(54(71)62-23-17-25-64(4)5)38(57(74)75)30-47(86-14)52(60(80)87-16-2)40(59(78)79)31-44(83-11)48-34(3)41(68)33-42(48)69/h19-22,34,37-40,43-52H,15-18,23-33H2,1-14H3,(H,62,71)(H,63,70)(H,74,75)(H,76,77)(H,78,79). The van der Waals surface area contributed by atoms with Crippen LogP contribution in [0.2, 0.25) is 0 Å². The minimum Gasteiger partial charge on any atom is -0.481 e. The van der Waals surface area contributed by atoms with E-state index in [4.69, 9.17) is 33.2 Å². The molecule has 496 valence electrons. The maximum Gasteiger partial charge on any atom is 0.312 e. The molecule has 0 bridgehead atoms. The summed E-state index contributed by atoms with van der Waals surface area (Å²) >= 11 is 0. The van der Waals surface area contributed by atoms with Gasteiger partial charge in [-0.25, -0.2) is 0 Å². The van der Waals surface area contributed by atoms with Crippen molar-refractivity contribution in [1.82, 2.24) is 25.3 Å². The molecule has 1 aliphatic heterocycles. The van der Waals surface area contributed by atoms with E-state index in [-0.39, 0.29) is 51.5 Å². The van der Waals surface area contributed by atoms with Crippen LogP contribution >= 0.6 is 0 Å². The number of likely N-dealkylation sites (tertiary alicyclic amines) is 1. The predicted octanol–water partition coefficient (Wildman–Crippen LogP) is 2.00. The van der Waals surface area contributed by atoms with E-state index < -0.39 is 181 Å². The molecule has 1 aromatic rings. The molecule has 1 saturated carbocycles. The number of ether oxygens (including phenoxy) is 7. The Morgan fingerprint density at radius 1 is 0.602 bits per heavy atom. The molecule has 2 aliphatic rings. The van der Waals surface area contributed by atoms with Crippen LogP contribution in [0.5, 0.6) is 0 Å². The summed E-state index contributed by atoms with van der Waals surface area (Å²) in [5, 5.41) is 38.7. The molecule has 1 aliphatic carbocycles. The van der Waals surface area contributed by atoms with E-state index in [1.165, 1.54) is 35.2 Å². The highest BCUT2D eigenvalue weighted by Crippen LogP contribution is 2.42. The average molecular weight is 1250 g/mol. The number of carbonyl (C=O) groups excluding carboxylic acids is 8. The number of methoxy groups -OCH3 is 5. The first kappa shape index (κ1) is 75.8. The van der Waals surface area contributed by atoms with E-state index in [0.717, 1.165) is 24.8 Å². The van der Waals surface area contributed by atoms with Crippen LogP contribution < -0.4 is 15.5 Å². The van der Waals surface area contributed by atoms with E-state index >= 15 is 4.79 Å². The number of anilines is 1. The number of nitrogens with zero attached hydrogens (tertiary/aromatic N) is 4. The van der Waals surface area contributed by atoms with Gasteiger partial charge in [-0.15, -0.1) is 0 Å². The fourth-order valence-electron chi connectivity index (χ4n) is 12.2. The lowest BCUT2D eigenvalue weighted by molar-refractivity contribution is -0.169. The van der Waals surface area contributed by atoms with E-state index in [0.29, 0.717) is 25.1 Å². The number of carbonyl (C=O) groups is 11. The number of hydrogen-bond donors (Lipinski definition) is 5. The summed E-state index contributed by atoms with van der Waals surface area (Å²) in [5.41, 5.74) is 1.20. The van der Waals surface area contributed by atoms with Crippen molar-refractivity contribution in [2.45, 2.75) is 103 Å². The van der Waals surface area contributed by atoms with Crippen molar-refractivity contribution >= 4 is 70.7 Å². The Labute approximate surface area is 516 Å². The van der Waals surface area contributed by atoms with Crippen molar-refractivity contribution in [3.05, 3.63) is 29.8 Å². The van der Waals surface area contributed by atoms with Crippen LogP contribution in [0, 0.1) is 59.2 Å². The molecule has 1 saturated heterocycles. The molecule has 5 N–H and O–H groups in total. The lowest BCUT2D eigenvalue weighted by Gasteiger charge is -2.37. The summed E-state index contributed by atoms with van der Waals surface area (Å²) in [5.74, 6) is -26.2. The van der Waals surface area contributed by atoms with E-state index in [1.54, 1.807) is 59.4 Å². The molecular weight excluding hydrogens is 1150 g/mol. The third-order valence-corrected chi connectivity index (χ3v) is 16.9. The van der Waals surface area contributed by atoms with Gasteiger partial charge in [0.2, 0.25) is 17.7 Å². The van der Waals surface area contributed by atoms with Gasteiger partial charge in [0.15, 0.2) is 0 Å². The van der Waals surface area contributed by atoms with Crippen LogP contribution in [0.1, 0.15) is 82.5 Å². The lowest BCUT2D eigenvalue weighted by atomic mass is 9.73. The molecule has 15 atom stereocenters. The van der Waals surface area contributed by atoms with Crippen LogP contribution in [-0.2, 0) is 81.1 Å². The maximum atomic E-state index is 15.0. The van der Waals surface area contributed by atoms with Crippen molar-refractivity contribution in [2.24, 2.45) is 59.2 Å². The molecule has 1 heterocycles. The Kier molecular flexibility index (Phi) is 31.7. The molecule has 3 rings (SSSR count). The molecular formula is C61H96N6O21. The van der Waals surface area contributed by atoms with Gasteiger partial charge in [-0.1, -0.05) is 13.8 Å². The number of carboxylic acids is 3. The number of rotatable bonds is 42. The van der Waals surface area contributed by atoms with Crippen molar-refractivity contribution in [3.63, 3.8) is 0 Å². The summed E-state index contributed by atoms with van der Waals surface area (Å²) in [7, 11) is 16.8. The molecule has 1 aromatic carbocycles. The number of ketones is 2. The number of hydrogen-bond acceptors (Lipinski definition) is 21. The Morgan fingerprint density at radius 3 is 1.58 bits per heavy atom. The minimum atomic E-state index is -1.92. The minimum absolute atomic E-state index is 0.00530. The second-order valence-corrected chi connectivity index (χ2v) is 23.2. The maximum absolute atomic E-state index is 15.0. The summed E-state index contributed by atoms with van der Waals surface area (Å²) in [6.07, 6.45) is -9.11. The average Bonchev–Trinajstić information content (AvgIpc) is 2.78. The van der Waals surface area contributed by atoms with Crippen LogP contribution in [0.15, 0.2) is 24.3 Å². The second kappa shape index (κ2) is 36.9. The molecule has 27 heteroatoms. The molecule has 0 radical (unpaired) electrons. The normalized spacial score (nSPS) is 20.8. The number of carboxylic acid groups (broad SMARTS) is 3. The van der Waals surface area contributed by atoms with Crippen molar-refractivity contribution in [3.8, 4) is 0 Å². The van der Waals surface area contributed by atoms with Gasteiger partial charge in [-0.05, 0) is 117 Å². The van der Waals surface area contributed by atoms with E-state index in [2.05, 4.69) is 10.6 Å². The van der Waals surface area contributed by atoms with E-state index in [9.17, 15) is 63.3 Å². The number of amides is 4. The Bertz CT molecular complexity index is 2510. The zero-order valence-corrected chi connectivity index (χ0v) is 53.6. The monoisotopic (exact) mass is 1250 g/mol. The van der Waals surface area contributed by atoms with Crippen LogP contribution in [0.3, 0.4) is 0 Å². The fraction of sp³-hybridized carbons (Fsp3) is 0.721. The summed E-state index contributed by atoms with van der Waals surface area (Å²) in [4.78, 5) is 160. The first-order chi connectivity index (χ1) is 41.6. The third kappa shape index (κ3) is 20.5. The van der Waals surface area contributed by atoms with Gasteiger partial charge in [0, 0.05) is 79.9 Å². The lowest BCUT2D eigenvalue weighted by Crippen LogP contribution is -2.50. The largest absolute Gasteiger partial charge is 0.481 e. The second-order valence-electron chi connectivity index (χ2n) is 23.2. The molecule has 2 fully saturated rings. The van der Waals surface area contributed by atoms with Gasteiger partial charge in [-0.3, -0.25) is 57.6 Å². The number of Topliss-reactive ketones (excluding diaryl/α,β-unsaturated/α-hetero) is 2. The summed E-state index contributed by atoms with van der Waals surface area (Å²) in [6.45, 7) is 4.65. The van der Waals surface area contributed by atoms with Gasteiger partial charge in [-0.2, -0.15) is 0 Å². The number of imide groups is 1. The molecule has 0 aromatic heterocycles. The van der Waals surface area contributed by atoms with Crippen LogP contribution in [0.4, 0.5) is 5.69 Å². The first-order valence-electron chi connectivity index (χ1n) is 29.8. The SMILES string of the molecule is CCOC(=O)C(C(CC(C(=O)O)C(C(=O)NCCCN(C)C)C(CC1C(=O)N(CCCN(C)C)C(=O)C1C(CC(C(=O)O)C(C(=O)OCCNC(=O)c1ccc(N(C)C)cc1)C(CC)OC)OC)OC)OC)C(CC(OC)C1C(=O)CC(=O)C1C)C(=O)O. The molecule has 88 heavy (non-hydrogen) atoms. The highest BCUT2D eigenvalue weighted by atomic mass is 16.5. The van der Waals surface area contributed by atoms with Gasteiger partial charge in [0.05, 0.1) is 103 Å². The van der Waals surface area contributed by atoms with Crippen molar-refractivity contribution in [1.29, 1.82) is 0 Å². The zero-order chi connectivity index (χ0) is 66.3. The Balaban J connectivity index is 2.20. The quantitative estimate of drug-likeness (QED) is 0.0270. The van der Waals surface area contributed by atoms with Gasteiger partial charge in [0.1, 0.15) is 18.2 Å². The molecule has 27 nitrogen and oxygen atoms in total. The van der Waals surface area contributed by atoms with Gasteiger partial charge in [0.25, 0.3) is 5.91 Å². The number of benzene rings is 1. The Morgan fingerprint density at radius 2 is 1.11 bits per heavy atom. The Hall–Kier alpha value is -6.49. The molecule has 4 amide bonds. The summed E-state index contributed by atoms with van der Waals surface area (Å²) < 4.78 is 40.2. The highest BCUT2D eigenvalue weighted by Gasteiger charge is 2.56. The van der Waals surface area contributed by atoms with Crippen LogP contribution in [0.25, 0.3) is 0 Å². The zero-order valence-electron chi connectivity index (χ0n) is 53.6. The number of esters is 2. The first-order valence-corrected chi connectivity index (χ1v) is 29.8. The number of aliphatic carboxylic acids is 3. The highest BCUT2D eigenvalue weighted by molar-refractivity contribution is 6.08. The van der Waals surface area contributed by atoms with Gasteiger partial charge >= 0.3 is 29.8 Å². The van der Waals surface area contributed by atoms with Crippen molar-refractivity contribution < 1.29 is 101 Å². The summed E-state index contributed by atoms with van der Waals surface area (Å²) in [6, 6.07) is 6.77. The topological polar surface area (TPSA) is 350 Å². The molecule has 0 spiro atoms. The fourth-order valence-corrected chi connectivity index (χ4v) is 12.2. The third-order valence-electron chi connectivity index (χ3n) is 16.9. The predicted molar refractivity (Wildman–Crippen MR) is 318 cm³/mol. The van der Waals surface area contributed by atoms with Crippen LogP contribution in [-0.4, -0.2) is 249 Å². The number of nitrogens with one attached hydrogen (secondary N) is 2. The van der Waals surface area contributed by atoms with E-state index in [1.807, 2.05) is 28.8 Å². The van der Waals surface area contributed by atoms with Crippen molar-refractivity contribution in [2.75, 3.05) is 129 Å². The smallest absolute Gasteiger partial charge is 0.312 e. The molecule has 15 unspecified atom stereocenters.